The van der Waals surface area contributed by atoms with Gasteiger partial charge < -0.3 is 15.1 Å². The molecule has 0 atom stereocenters. The van der Waals surface area contributed by atoms with Gasteiger partial charge in [0, 0.05) is 49.3 Å². The molecule has 2 aliphatic heterocycles. The molecule has 24 heavy (non-hydrogen) atoms. The number of benzene rings is 2. The number of nitrogens with zero attached hydrogens (tertiary/aromatic N) is 2. The van der Waals surface area contributed by atoms with Crippen molar-refractivity contribution in [2.45, 2.75) is 0 Å². The van der Waals surface area contributed by atoms with Crippen molar-refractivity contribution in [3.8, 4) is 0 Å². The molecule has 2 heterocycles. The molecule has 2 aromatic carbocycles. The number of para-hydroxylation sites is 1. The van der Waals surface area contributed by atoms with Gasteiger partial charge in [0.15, 0.2) is 0 Å². The van der Waals surface area contributed by atoms with Gasteiger partial charge in [-0.25, -0.2) is 4.39 Å². The lowest BCUT2D eigenvalue weighted by Gasteiger charge is -2.35. The first-order valence-electron chi connectivity index (χ1n) is 8.08. The molecule has 5 heteroatoms. The van der Waals surface area contributed by atoms with E-state index in [-0.39, 0.29) is 11.7 Å². The highest BCUT2D eigenvalue weighted by Gasteiger charge is 2.25. The van der Waals surface area contributed by atoms with Crippen LogP contribution in [0, 0.1) is 5.82 Å². The van der Waals surface area contributed by atoms with Crippen LogP contribution in [0.25, 0.3) is 5.57 Å². The second-order valence-corrected chi connectivity index (χ2v) is 6.04. The Morgan fingerprint density at radius 1 is 0.958 bits per heavy atom. The third kappa shape index (κ3) is 2.73. The number of anilines is 2. The molecular weight excluding hydrogens is 305 g/mol. The molecule has 2 aromatic rings. The molecule has 4 rings (SSSR count). The Hall–Kier alpha value is -2.82. The minimum absolute atomic E-state index is 0.0443. The Kier molecular flexibility index (Phi) is 3.69. The lowest BCUT2D eigenvalue weighted by molar-refractivity contribution is -0.110. The molecule has 0 aromatic heterocycles. The van der Waals surface area contributed by atoms with Crippen LogP contribution in [0.2, 0.25) is 0 Å². The first-order chi connectivity index (χ1) is 11.7. The van der Waals surface area contributed by atoms with Gasteiger partial charge in [0.25, 0.3) is 5.91 Å². The Morgan fingerprint density at radius 3 is 2.42 bits per heavy atom. The van der Waals surface area contributed by atoms with Crippen LogP contribution in [0.5, 0.6) is 0 Å². The molecule has 1 fully saturated rings. The predicted octanol–water partition coefficient (Wildman–Crippen LogP) is 2.94. The van der Waals surface area contributed by atoms with Gasteiger partial charge in [0.1, 0.15) is 5.82 Å². The fourth-order valence-corrected chi connectivity index (χ4v) is 3.21. The van der Waals surface area contributed by atoms with Crippen molar-refractivity contribution in [1.82, 2.24) is 4.90 Å². The number of carbonyl (C=O) groups is 1. The maximum atomic E-state index is 13.0. The first kappa shape index (κ1) is 14.8. The summed E-state index contributed by atoms with van der Waals surface area (Å²) in [5.74, 6) is -0.259. The van der Waals surface area contributed by atoms with Crippen LogP contribution in [0.3, 0.4) is 0 Å². The average molecular weight is 323 g/mol. The van der Waals surface area contributed by atoms with Crippen molar-refractivity contribution in [2.75, 3.05) is 36.4 Å². The number of amides is 1. The molecule has 0 unspecified atom stereocenters. The molecule has 1 saturated heterocycles. The van der Waals surface area contributed by atoms with Gasteiger partial charge in [-0.2, -0.15) is 0 Å². The van der Waals surface area contributed by atoms with E-state index in [1.807, 2.05) is 42.6 Å². The summed E-state index contributed by atoms with van der Waals surface area (Å²) < 4.78 is 13.0. The lowest BCUT2D eigenvalue weighted by atomic mass is 10.1. The van der Waals surface area contributed by atoms with Crippen LogP contribution in [-0.4, -0.2) is 37.0 Å². The van der Waals surface area contributed by atoms with E-state index in [0.29, 0.717) is 0 Å². The Balaban J connectivity index is 1.47. The zero-order valence-electron chi connectivity index (χ0n) is 13.2. The van der Waals surface area contributed by atoms with E-state index in [4.69, 9.17) is 0 Å². The summed E-state index contributed by atoms with van der Waals surface area (Å²) in [6.07, 6.45) is 1.96. The van der Waals surface area contributed by atoms with Crippen molar-refractivity contribution < 1.29 is 9.18 Å². The van der Waals surface area contributed by atoms with Gasteiger partial charge >= 0.3 is 0 Å². The topological polar surface area (TPSA) is 35.6 Å². The molecule has 0 saturated carbocycles. The second kappa shape index (κ2) is 6.00. The number of piperazine rings is 1. The second-order valence-electron chi connectivity index (χ2n) is 6.04. The fraction of sp³-hybridized carbons (Fsp3) is 0.211. The summed E-state index contributed by atoms with van der Waals surface area (Å²) in [4.78, 5) is 16.6. The van der Waals surface area contributed by atoms with E-state index < -0.39 is 0 Å². The molecule has 122 valence electrons. The monoisotopic (exact) mass is 323 g/mol. The molecule has 1 N–H and O–H groups in total. The Labute approximate surface area is 140 Å². The number of carbonyl (C=O) groups excluding carboxylic acids is 1. The zero-order valence-corrected chi connectivity index (χ0v) is 13.2. The maximum Gasteiger partial charge on any atom is 0.257 e. The molecule has 2 aliphatic rings. The van der Waals surface area contributed by atoms with Gasteiger partial charge in [-0.15, -0.1) is 0 Å². The minimum Gasteiger partial charge on any atom is -0.373 e. The van der Waals surface area contributed by atoms with Crippen LogP contribution in [0.4, 0.5) is 15.8 Å². The summed E-state index contributed by atoms with van der Waals surface area (Å²) in [6, 6.07) is 14.3. The smallest absolute Gasteiger partial charge is 0.257 e. The number of hydrogen-bond donors (Lipinski definition) is 1. The number of nitrogens with one attached hydrogen (secondary N) is 1. The van der Waals surface area contributed by atoms with Crippen molar-refractivity contribution in [1.29, 1.82) is 0 Å². The first-order valence-corrected chi connectivity index (χ1v) is 8.08. The highest BCUT2D eigenvalue weighted by molar-refractivity contribution is 6.31. The third-order valence-corrected chi connectivity index (χ3v) is 4.53. The van der Waals surface area contributed by atoms with Crippen LogP contribution in [0.1, 0.15) is 5.56 Å². The average Bonchev–Trinajstić information content (AvgIpc) is 2.92. The summed E-state index contributed by atoms with van der Waals surface area (Å²) in [7, 11) is 0. The predicted molar refractivity (Wildman–Crippen MR) is 93.2 cm³/mol. The number of rotatable bonds is 2. The lowest BCUT2D eigenvalue weighted by Crippen LogP contribution is -2.44. The summed E-state index contributed by atoms with van der Waals surface area (Å²) in [5.41, 5.74) is 3.59. The van der Waals surface area contributed by atoms with E-state index >= 15 is 0 Å². The van der Waals surface area contributed by atoms with E-state index in [0.717, 1.165) is 48.7 Å². The van der Waals surface area contributed by atoms with Gasteiger partial charge in [-0.1, -0.05) is 18.2 Å². The van der Waals surface area contributed by atoms with E-state index in [9.17, 15) is 9.18 Å². The van der Waals surface area contributed by atoms with Crippen LogP contribution in [0.15, 0.2) is 54.7 Å². The quantitative estimate of drug-likeness (QED) is 0.863. The zero-order chi connectivity index (χ0) is 16.5. The highest BCUT2D eigenvalue weighted by Crippen LogP contribution is 2.31. The van der Waals surface area contributed by atoms with Crippen LogP contribution < -0.4 is 10.2 Å². The largest absolute Gasteiger partial charge is 0.373 e. The van der Waals surface area contributed by atoms with Crippen molar-refractivity contribution in [2.24, 2.45) is 0 Å². The van der Waals surface area contributed by atoms with Crippen molar-refractivity contribution >= 4 is 22.9 Å². The summed E-state index contributed by atoms with van der Waals surface area (Å²) in [6.45, 7) is 3.35. The van der Waals surface area contributed by atoms with E-state index in [1.54, 1.807) is 0 Å². The SMILES string of the molecule is O=C1Nc2ccccc2/C1=C\N1CCN(c2ccc(F)cc2)CC1. The summed E-state index contributed by atoms with van der Waals surface area (Å²) in [5, 5.41) is 2.90. The van der Waals surface area contributed by atoms with E-state index in [1.165, 1.54) is 12.1 Å². The minimum atomic E-state index is -0.215. The van der Waals surface area contributed by atoms with E-state index in [2.05, 4.69) is 15.1 Å². The molecule has 0 spiro atoms. The number of halogens is 1. The summed E-state index contributed by atoms with van der Waals surface area (Å²) >= 11 is 0. The number of hydrogen-bond acceptors (Lipinski definition) is 3. The fourth-order valence-electron chi connectivity index (χ4n) is 3.21. The van der Waals surface area contributed by atoms with Crippen molar-refractivity contribution in [3.63, 3.8) is 0 Å². The molecule has 0 bridgehead atoms. The molecule has 4 nitrogen and oxygen atoms in total. The van der Waals surface area contributed by atoms with Gasteiger partial charge in [0.05, 0.1) is 5.57 Å². The van der Waals surface area contributed by atoms with Crippen LogP contribution in [-0.2, 0) is 4.79 Å². The normalized spacial score (nSPS) is 18.7. The molecule has 1 amide bonds. The Bertz CT molecular complexity index is 793. The molecule has 0 radical (unpaired) electrons. The molecule has 0 aliphatic carbocycles. The highest BCUT2D eigenvalue weighted by atomic mass is 19.1. The van der Waals surface area contributed by atoms with Gasteiger partial charge in [-0.3, -0.25) is 4.79 Å². The van der Waals surface area contributed by atoms with Crippen LogP contribution >= 0.6 is 0 Å². The van der Waals surface area contributed by atoms with Gasteiger partial charge in [-0.05, 0) is 30.3 Å². The number of fused-ring (bicyclic) bond motifs is 1. The third-order valence-electron chi connectivity index (χ3n) is 4.53. The Morgan fingerprint density at radius 2 is 1.67 bits per heavy atom. The maximum absolute atomic E-state index is 13.0. The van der Waals surface area contributed by atoms with Gasteiger partial charge in [0.2, 0.25) is 0 Å². The molecular formula is C19H18FN3O. The standard InChI is InChI=1S/C19H18FN3O/c20-14-5-7-15(8-6-14)23-11-9-22(10-12-23)13-17-16-3-1-2-4-18(16)21-19(17)24/h1-8,13H,9-12H2,(H,21,24)/b17-13+. The van der Waals surface area contributed by atoms with Crippen molar-refractivity contribution in [3.05, 3.63) is 66.1 Å².